The fourth-order valence-corrected chi connectivity index (χ4v) is 14.0. The first kappa shape index (κ1) is 45.7. The van der Waals surface area contributed by atoms with Gasteiger partial charge in [0.1, 0.15) is 18.3 Å². The zero-order chi connectivity index (χ0) is 41.9. The van der Waals surface area contributed by atoms with E-state index in [1.54, 1.807) is 14.0 Å². The first-order valence-corrected chi connectivity index (χ1v) is 23.5. The van der Waals surface area contributed by atoms with E-state index in [1.165, 1.54) is 0 Å². The number of carboxylic acids is 1. The van der Waals surface area contributed by atoms with Crippen molar-refractivity contribution in [3.63, 3.8) is 0 Å². The number of rotatable bonds is 15. The Morgan fingerprint density at radius 2 is 1.76 bits per heavy atom. The standard InChI is InChI=1S/C45H78N4O10/c1-26-22-44(13-4-5-14-44)45(33(9-10-34(45)43(54)55)29-12-15-48-41(46)19-29)40(49-26)24-57-39-18-30(17-38(56-3)42(39)53)36-21-31(51)20-32(59-36)8-6-28-7-11-35(52)37(16-28)58-25-47-23-27(2)50/h9-10,26-42,47-53H,4-8,11-25,46H2,1-3H3,(H,54,55)/p+1/t26-,27+,28?,29?,30?,31+,32+,33+,34-,35?,36-,37?,38?,39?,40-,41?,42?,45+/m1/s1. The van der Waals surface area contributed by atoms with Crippen LogP contribution in [-0.4, -0.2) is 133 Å². The van der Waals surface area contributed by atoms with Gasteiger partial charge >= 0.3 is 0 Å². The lowest BCUT2D eigenvalue weighted by atomic mass is 9.45. The summed E-state index contributed by atoms with van der Waals surface area (Å²) in [6.45, 7) is 5.97. The van der Waals surface area contributed by atoms with Crippen LogP contribution in [-0.2, 0) is 23.7 Å². The first-order valence-electron chi connectivity index (χ1n) is 23.5. The molecule has 3 saturated heterocycles. The van der Waals surface area contributed by atoms with Gasteiger partial charge in [-0.1, -0.05) is 25.0 Å². The molecule has 338 valence electrons. The Balaban J connectivity index is 1.03. The van der Waals surface area contributed by atoms with Crippen LogP contribution in [0.3, 0.4) is 0 Å². The maximum absolute atomic E-state index is 13.3. The number of carboxylic acid groups (broad SMARTS) is 1. The van der Waals surface area contributed by atoms with Crippen LogP contribution < -0.4 is 26.8 Å². The number of aliphatic hydroxyl groups is 4. The molecule has 3 heterocycles. The first-order chi connectivity index (χ1) is 28.3. The largest absolute Gasteiger partial charge is 0.549 e. The van der Waals surface area contributed by atoms with Gasteiger partial charge in [-0.25, -0.2) is 0 Å². The quantitative estimate of drug-likeness (QED) is 0.0588. The van der Waals surface area contributed by atoms with Crippen molar-refractivity contribution in [2.75, 3.05) is 33.5 Å². The lowest BCUT2D eigenvalue weighted by molar-refractivity contribution is -0.754. The van der Waals surface area contributed by atoms with Crippen LogP contribution in [0.2, 0.25) is 0 Å². The third kappa shape index (κ3) is 9.94. The van der Waals surface area contributed by atoms with Gasteiger partial charge in [-0.3, -0.25) is 11.1 Å². The normalized spacial score (nSPS) is 45.6. The van der Waals surface area contributed by atoms with E-state index < -0.39 is 53.9 Å². The number of carbonyl (C=O) groups is 1. The summed E-state index contributed by atoms with van der Waals surface area (Å²) in [6.07, 6.45) is 13.7. The van der Waals surface area contributed by atoms with Crippen molar-refractivity contribution >= 4 is 5.97 Å². The maximum atomic E-state index is 13.3. The van der Waals surface area contributed by atoms with Crippen molar-refractivity contribution in [1.29, 1.82) is 0 Å². The van der Waals surface area contributed by atoms with Crippen LogP contribution in [0.1, 0.15) is 117 Å². The van der Waals surface area contributed by atoms with Crippen LogP contribution in [0.4, 0.5) is 0 Å². The van der Waals surface area contributed by atoms with Crippen LogP contribution in [0.15, 0.2) is 12.2 Å². The van der Waals surface area contributed by atoms with E-state index in [4.69, 9.17) is 24.7 Å². The Bertz CT molecular complexity index is 1390. The summed E-state index contributed by atoms with van der Waals surface area (Å²) >= 11 is 0. The van der Waals surface area contributed by atoms with Crippen LogP contribution in [0, 0.1) is 40.4 Å². The number of aliphatic carboxylic acids is 1. The van der Waals surface area contributed by atoms with E-state index in [2.05, 4.69) is 29.0 Å². The molecule has 7 rings (SSSR count). The molecule has 59 heavy (non-hydrogen) atoms. The molecule has 14 nitrogen and oxygen atoms in total. The fourth-order valence-electron chi connectivity index (χ4n) is 14.0. The minimum absolute atomic E-state index is 0.00350. The number of allylic oxidation sites excluding steroid dienone is 1. The molecule has 0 aromatic carbocycles. The molecule has 6 fully saturated rings. The van der Waals surface area contributed by atoms with Crippen molar-refractivity contribution in [3.05, 3.63) is 12.2 Å². The van der Waals surface area contributed by atoms with Gasteiger partial charge in [0.25, 0.3) is 0 Å². The molecule has 0 radical (unpaired) electrons. The smallest absolute Gasteiger partial charge is 0.137 e. The highest BCUT2D eigenvalue weighted by atomic mass is 16.5. The maximum Gasteiger partial charge on any atom is 0.137 e. The Kier molecular flexibility index (Phi) is 15.5. The zero-order valence-corrected chi connectivity index (χ0v) is 36.1. The predicted octanol–water partition coefficient (Wildman–Crippen LogP) is -0.598. The molecule has 11 N–H and O–H groups in total. The molecule has 7 aliphatic rings. The Labute approximate surface area is 352 Å². The summed E-state index contributed by atoms with van der Waals surface area (Å²) in [7, 11) is 1.63. The molecule has 4 aliphatic carbocycles. The molecule has 0 amide bonds. The summed E-state index contributed by atoms with van der Waals surface area (Å²) in [5, 5.41) is 64.1. The van der Waals surface area contributed by atoms with Crippen LogP contribution in [0.25, 0.3) is 0 Å². The van der Waals surface area contributed by atoms with Crippen molar-refractivity contribution in [2.24, 2.45) is 46.2 Å². The number of nitrogens with one attached hydrogen (secondary N) is 1. The Hall–Kier alpha value is -1.27. The number of hydrogen-bond donors (Lipinski definition) is 8. The average molecular weight is 836 g/mol. The highest BCUT2D eigenvalue weighted by Crippen LogP contribution is 2.67. The zero-order valence-electron chi connectivity index (χ0n) is 36.1. The van der Waals surface area contributed by atoms with Crippen molar-refractivity contribution in [1.82, 2.24) is 5.32 Å². The number of carbonyl (C=O) groups excluding carboxylic acids is 1. The van der Waals surface area contributed by atoms with Gasteiger partial charge in [0.2, 0.25) is 0 Å². The van der Waals surface area contributed by atoms with E-state index in [0.717, 1.165) is 77.2 Å². The average Bonchev–Trinajstić information content (AvgIpc) is 3.84. The van der Waals surface area contributed by atoms with Crippen molar-refractivity contribution in [2.45, 2.75) is 190 Å². The predicted molar refractivity (Wildman–Crippen MR) is 217 cm³/mol. The van der Waals surface area contributed by atoms with E-state index in [0.29, 0.717) is 57.2 Å². The summed E-state index contributed by atoms with van der Waals surface area (Å²) < 4.78 is 25.7. The number of ether oxygens (including phenoxy) is 4. The van der Waals surface area contributed by atoms with Crippen LogP contribution >= 0.6 is 0 Å². The van der Waals surface area contributed by atoms with Crippen molar-refractivity contribution in [3.8, 4) is 0 Å². The number of methoxy groups -OCH3 is 1. The number of piperidine rings is 2. The molecule has 3 saturated carbocycles. The molecule has 3 aliphatic heterocycles. The van der Waals surface area contributed by atoms with Gasteiger partial charge in [-0.2, -0.15) is 0 Å². The van der Waals surface area contributed by atoms with E-state index in [9.17, 15) is 30.3 Å². The monoisotopic (exact) mass is 836 g/mol. The third-order valence-corrected chi connectivity index (χ3v) is 16.4. The topological polar surface area (TPSA) is 229 Å². The summed E-state index contributed by atoms with van der Waals surface area (Å²) in [4.78, 5) is 13.3. The van der Waals surface area contributed by atoms with Gasteiger partial charge in [0.05, 0.1) is 74.8 Å². The Morgan fingerprint density at radius 3 is 2.49 bits per heavy atom. The minimum Gasteiger partial charge on any atom is -0.549 e. The van der Waals surface area contributed by atoms with Gasteiger partial charge in [0.15, 0.2) is 0 Å². The number of aliphatic hydroxyl groups excluding tert-OH is 4. The molecule has 0 aromatic rings. The van der Waals surface area contributed by atoms with E-state index >= 15 is 0 Å². The lowest BCUT2D eigenvalue weighted by Crippen LogP contribution is -3.03. The van der Waals surface area contributed by atoms with E-state index in [-0.39, 0.29) is 60.4 Å². The second-order valence-electron chi connectivity index (χ2n) is 20.3. The summed E-state index contributed by atoms with van der Waals surface area (Å²) in [6, 6.07) is 0.157. The highest BCUT2D eigenvalue weighted by Gasteiger charge is 2.70. The van der Waals surface area contributed by atoms with Crippen LogP contribution in [0.5, 0.6) is 0 Å². The number of nitrogens with two attached hydrogens (primary N) is 3. The number of hydrogen-bond acceptors (Lipinski definition) is 12. The molecule has 0 aromatic heterocycles. The molecule has 2 spiro atoms. The summed E-state index contributed by atoms with van der Waals surface area (Å²) in [5.41, 5.74) is 5.82. The Morgan fingerprint density at radius 1 is 0.983 bits per heavy atom. The number of fused-ring (bicyclic) bond motifs is 1. The van der Waals surface area contributed by atoms with Gasteiger partial charge in [-0.15, -0.1) is 0 Å². The van der Waals surface area contributed by atoms with Gasteiger partial charge in [0, 0.05) is 50.2 Å². The molecular weight excluding hydrogens is 757 g/mol. The van der Waals surface area contributed by atoms with Gasteiger partial charge < -0.3 is 59.9 Å². The third-order valence-electron chi connectivity index (χ3n) is 16.4. The SMILES string of the molecule is COC1CC([C@H]2C[C@@H](O)C[C@H](CCC3CCC(O)C(OCNC[C@H](C)O)C3)O2)CC(OC[C@H]2[NH2+][C@H](C)CC3(CCCC3)[C@@]23[C@@H](C(=O)[O-])C=C[C@H]3C2CC[NH2+]C(N)C2)C1O. The van der Waals surface area contributed by atoms with Crippen molar-refractivity contribution < 1.29 is 59.9 Å². The number of quaternary nitrogens is 2. The molecule has 9 unspecified atom stereocenters. The molecule has 18 atom stereocenters. The van der Waals surface area contributed by atoms with Gasteiger partial charge in [-0.05, 0) is 114 Å². The second kappa shape index (κ2) is 20.1. The highest BCUT2D eigenvalue weighted by molar-refractivity contribution is 5.73. The van der Waals surface area contributed by atoms with E-state index in [1.807, 2.05) is 6.08 Å². The lowest BCUT2D eigenvalue weighted by Gasteiger charge is -2.61. The second-order valence-corrected chi connectivity index (χ2v) is 20.3. The molecule has 0 bridgehead atoms. The molecular formula is C45H79N4O10+. The fraction of sp³-hybridized carbons (Fsp3) is 0.933. The summed E-state index contributed by atoms with van der Waals surface area (Å²) in [5.74, 6) is -0.989. The molecule has 14 heteroatoms. The minimum atomic E-state index is -0.995.